The summed E-state index contributed by atoms with van der Waals surface area (Å²) in [6, 6.07) is 9.24. The second kappa shape index (κ2) is 5.68. The van der Waals surface area contributed by atoms with Gasteiger partial charge in [-0.15, -0.1) is 0 Å². The highest BCUT2D eigenvalue weighted by Crippen LogP contribution is 2.38. The van der Waals surface area contributed by atoms with E-state index in [1.54, 1.807) is 0 Å². The Kier molecular flexibility index (Phi) is 4.22. The van der Waals surface area contributed by atoms with Gasteiger partial charge in [-0.2, -0.15) is 0 Å². The van der Waals surface area contributed by atoms with Gasteiger partial charge in [0.1, 0.15) is 0 Å². The van der Waals surface area contributed by atoms with E-state index in [9.17, 15) is 0 Å². The smallest absolute Gasteiger partial charge is 0.00755 e. The van der Waals surface area contributed by atoms with Gasteiger partial charge in [-0.25, -0.2) is 0 Å². The Bertz CT molecular complexity index is 333. The molecule has 17 heavy (non-hydrogen) atoms. The molecule has 1 aromatic carbocycles. The first-order valence-electron chi connectivity index (χ1n) is 7.10. The molecule has 0 radical (unpaired) electrons. The maximum atomic E-state index is 6.07. The molecule has 1 saturated carbocycles. The van der Waals surface area contributed by atoms with E-state index >= 15 is 0 Å². The van der Waals surface area contributed by atoms with E-state index in [0.717, 1.165) is 6.54 Å². The molecule has 0 amide bonds. The van der Waals surface area contributed by atoms with Gasteiger partial charge in [-0.3, -0.25) is 0 Å². The number of rotatable bonds is 4. The number of hydrogen-bond donors (Lipinski definition) is 1. The molecule has 0 bridgehead atoms. The number of hydrogen-bond acceptors (Lipinski definition) is 1. The molecule has 2 N–H and O–H groups in total. The van der Waals surface area contributed by atoms with Crippen LogP contribution in [0.4, 0.5) is 0 Å². The lowest BCUT2D eigenvalue weighted by Crippen LogP contribution is -2.37. The third kappa shape index (κ3) is 2.71. The van der Waals surface area contributed by atoms with Crippen molar-refractivity contribution in [1.29, 1.82) is 0 Å². The molecule has 0 aromatic heterocycles. The van der Waals surface area contributed by atoms with E-state index in [0.29, 0.717) is 0 Å². The Morgan fingerprint density at radius 3 is 2.24 bits per heavy atom. The summed E-state index contributed by atoms with van der Waals surface area (Å²) in [6.45, 7) is 3.04. The molecule has 0 saturated heterocycles. The van der Waals surface area contributed by atoms with Crippen molar-refractivity contribution < 1.29 is 0 Å². The summed E-state index contributed by atoms with van der Waals surface area (Å²) in [5.41, 5.74) is 9.28. The van der Waals surface area contributed by atoms with Gasteiger partial charge in [0.2, 0.25) is 0 Å². The van der Waals surface area contributed by atoms with Gasteiger partial charge in [-0.1, -0.05) is 56.9 Å². The maximum absolute atomic E-state index is 6.07. The molecule has 1 aliphatic rings. The van der Waals surface area contributed by atoms with Crippen LogP contribution in [0.5, 0.6) is 0 Å². The third-order valence-electron chi connectivity index (χ3n) is 4.31. The highest BCUT2D eigenvalue weighted by Gasteiger charge is 2.32. The molecule has 0 spiro atoms. The SMILES string of the molecule is CCCc1ccc(C2(CN)CCCCC2)cc1. The van der Waals surface area contributed by atoms with Crippen LogP contribution >= 0.6 is 0 Å². The third-order valence-corrected chi connectivity index (χ3v) is 4.31. The second-order valence-corrected chi connectivity index (χ2v) is 5.49. The predicted octanol–water partition coefficient (Wildman–Crippen LogP) is 3.80. The van der Waals surface area contributed by atoms with Gasteiger partial charge in [0.05, 0.1) is 0 Å². The van der Waals surface area contributed by atoms with Crippen LogP contribution in [0.3, 0.4) is 0 Å². The Morgan fingerprint density at radius 1 is 1.06 bits per heavy atom. The predicted molar refractivity (Wildman–Crippen MR) is 74.3 cm³/mol. The molecule has 1 aliphatic carbocycles. The zero-order chi connectivity index (χ0) is 12.1. The fourth-order valence-corrected chi connectivity index (χ4v) is 3.15. The van der Waals surface area contributed by atoms with Gasteiger partial charge < -0.3 is 5.73 Å². The van der Waals surface area contributed by atoms with Crippen LogP contribution < -0.4 is 5.73 Å². The summed E-state index contributed by atoms with van der Waals surface area (Å²) in [7, 11) is 0. The average molecular weight is 231 g/mol. The summed E-state index contributed by atoms with van der Waals surface area (Å²) in [5, 5.41) is 0. The fourth-order valence-electron chi connectivity index (χ4n) is 3.15. The molecule has 94 valence electrons. The summed E-state index contributed by atoms with van der Waals surface area (Å²) in [5.74, 6) is 0. The van der Waals surface area contributed by atoms with E-state index in [4.69, 9.17) is 5.73 Å². The minimum atomic E-state index is 0.281. The van der Waals surface area contributed by atoms with Crippen molar-refractivity contribution in [3.05, 3.63) is 35.4 Å². The van der Waals surface area contributed by atoms with Crippen molar-refractivity contribution in [3.63, 3.8) is 0 Å². The van der Waals surface area contributed by atoms with E-state index in [1.165, 1.54) is 56.1 Å². The van der Waals surface area contributed by atoms with Crippen LogP contribution in [0.2, 0.25) is 0 Å². The number of aryl methyl sites for hydroxylation is 1. The van der Waals surface area contributed by atoms with Crippen molar-refractivity contribution in [3.8, 4) is 0 Å². The van der Waals surface area contributed by atoms with Gasteiger partial charge in [0.15, 0.2) is 0 Å². The van der Waals surface area contributed by atoms with Crippen molar-refractivity contribution in [2.75, 3.05) is 6.54 Å². The van der Waals surface area contributed by atoms with Gasteiger partial charge in [-0.05, 0) is 30.4 Å². The zero-order valence-corrected chi connectivity index (χ0v) is 11.0. The van der Waals surface area contributed by atoms with Crippen LogP contribution in [-0.4, -0.2) is 6.54 Å². The first kappa shape index (κ1) is 12.6. The van der Waals surface area contributed by atoms with Crippen LogP contribution in [-0.2, 0) is 11.8 Å². The van der Waals surface area contributed by atoms with Crippen LogP contribution in [0.25, 0.3) is 0 Å². The Morgan fingerprint density at radius 2 is 1.71 bits per heavy atom. The molecule has 1 heteroatoms. The van der Waals surface area contributed by atoms with Gasteiger partial charge in [0, 0.05) is 12.0 Å². The van der Waals surface area contributed by atoms with E-state index in [-0.39, 0.29) is 5.41 Å². The number of nitrogens with two attached hydrogens (primary N) is 1. The van der Waals surface area contributed by atoms with Crippen molar-refractivity contribution in [2.45, 2.75) is 57.3 Å². The Balaban J connectivity index is 2.18. The quantitative estimate of drug-likeness (QED) is 0.838. The summed E-state index contributed by atoms with van der Waals surface area (Å²) < 4.78 is 0. The normalized spacial score (nSPS) is 19.2. The van der Waals surface area contributed by atoms with E-state index in [2.05, 4.69) is 31.2 Å². The maximum Gasteiger partial charge on any atom is 0.00755 e. The molecule has 0 aliphatic heterocycles. The van der Waals surface area contributed by atoms with Crippen molar-refractivity contribution in [1.82, 2.24) is 0 Å². The van der Waals surface area contributed by atoms with Crippen LogP contribution in [0.15, 0.2) is 24.3 Å². The minimum Gasteiger partial charge on any atom is -0.330 e. The standard InChI is InChI=1S/C16H25N/c1-2-6-14-7-9-15(10-8-14)16(13-17)11-4-3-5-12-16/h7-10H,2-6,11-13,17H2,1H3. The first-order valence-corrected chi connectivity index (χ1v) is 7.10. The lowest BCUT2D eigenvalue weighted by molar-refractivity contribution is 0.301. The topological polar surface area (TPSA) is 26.0 Å². The summed E-state index contributed by atoms with van der Waals surface area (Å²) in [4.78, 5) is 0. The first-order chi connectivity index (χ1) is 8.30. The van der Waals surface area contributed by atoms with Crippen molar-refractivity contribution >= 4 is 0 Å². The molecule has 1 fully saturated rings. The molecule has 2 rings (SSSR count). The second-order valence-electron chi connectivity index (χ2n) is 5.49. The Hall–Kier alpha value is -0.820. The molecule has 1 nitrogen and oxygen atoms in total. The van der Waals surface area contributed by atoms with Gasteiger partial charge in [0.25, 0.3) is 0 Å². The summed E-state index contributed by atoms with van der Waals surface area (Å²) >= 11 is 0. The fraction of sp³-hybridized carbons (Fsp3) is 0.625. The van der Waals surface area contributed by atoms with Crippen LogP contribution in [0.1, 0.15) is 56.6 Å². The molecule has 0 unspecified atom stereocenters. The molecule has 0 heterocycles. The largest absolute Gasteiger partial charge is 0.330 e. The van der Waals surface area contributed by atoms with E-state index < -0.39 is 0 Å². The van der Waals surface area contributed by atoms with Gasteiger partial charge >= 0.3 is 0 Å². The average Bonchev–Trinajstić information content (AvgIpc) is 2.41. The highest BCUT2D eigenvalue weighted by atomic mass is 14.6. The lowest BCUT2D eigenvalue weighted by atomic mass is 9.69. The van der Waals surface area contributed by atoms with E-state index in [1.807, 2.05) is 0 Å². The zero-order valence-electron chi connectivity index (χ0n) is 11.0. The van der Waals surface area contributed by atoms with Crippen molar-refractivity contribution in [2.24, 2.45) is 5.73 Å². The monoisotopic (exact) mass is 231 g/mol. The molecule has 0 atom stereocenters. The summed E-state index contributed by atoms with van der Waals surface area (Å²) in [6.07, 6.45) is 9.03. The van der Waals surface area contributed by atoms with Crippen LogP contribution in [0, 0.1) is 0 Å². The Labute approximate surface area is 105 Å². The molecular formula is C16H25N. The minimum absolute atomic E-state index is 0.281. The molecule has 1 aromatic rings. The highest BCUT2D eigenvalue weighted by molar-refractivity contribution is 5.30. The lowest BCUT2D eigenvalue weighted by Gasteiger charge is -2.37. The number of benzene rings is 1. The molecular weight excluding hydrogens is 206 g/mol.